The lowest BCUT2D eigenvalue weighted by atomic mass is 10.0. The van der Waals surface area contributed by atoms with E-state index >= 15 is 0 Å². The zero-order valence-electron chi connectivity index (χ0n) is 21.7. The fourth-order valence-electron chi connectivity index (χ4n) is 4.26. The van der Waals surface area contributed by atoms with Crippen molar-refractivity contribution in [3.8, 4) is 22.7 Å². The van der Waals surface area contributed by atoms with Crippen LogP contribution in [0.1, 0.15) is 22.9 Å². The van der Waals surface area contributed by atoms with Crippen molar-refractivity contribution in [2.24, 2.45) is 5.73 Å². The number of carboxylic acid groups (broad SMARTS) is 1. The van der Waals surface area contributed by atoms with E-state index in [4.69, 9.17) is 32.9 Å². The molecule has 220 valence electrons. The largest absolute Gasteiger partial charge is 0.480 e. The van der Waals surface area contributed by atoms with Crippen molar-refractivity contribution in [1.82, 2.24) is 19.7 Å². The number of aryl methyl sites for hydroxylation is 1. The number of benzene rings is 2. The maximum atomic E-state index is 14.5. The van der Waals surface area contributed by atoms with Crippen LogP contribution >= 0.6 is 35.3 Å². The SMILES string of the molecule is Cc1ccn(-c2cc(Cl)ccc2[C@@H](Oc2nc(N)nc3c(-c4ccc(CC(N)C(=O)O)cc4)csc23)C(F)(F)F)n1.Cl. The van der Waals surface area contributed by atoms with E-state index in [1.165, 1.54) is 29.1 Å². The first kappa shape index (κ1) is 31.0. The zero-order chi connectivity index (χ0) is 29.5. The number of rotatable bonds is 8. The summed E-state index contributed by atoms with van der Waals surface area (Å²) in [5.41, 5.74) is 14.3. The van der Waals surface area contributed by atoms with Crippen LogP contribution in [-0.4, -0.2) is 43.0 Å². The van der Waals surface area contributed by atoms with Gasteiger partial charge in [-0.1, -0.05) is 41.9 Å². The fraction of sp³-hybridized carbons (Fsp3) is 0.185. The number of nitrogens with zero attached hydrogens (tertiary/aromatic N) is 4. The lowest BCUT2D eigenvalue weighted by Crippen LogP contribution is -2.32. The number of nitrogen functional groups attached to an aromatic ring is 1. The van der Waals surface area contributed by atoms with Gasteiger partial charge in [0.2, 0.25) is 17.9 Å². The smallest absolute Gasteiger partial charge is 0.429 e. The number of alkyl halides is 3. The monoisotopic (exact) mass is 638 g/mol. The summed E-state index contributed by atoms with van der Waals surface area (Å²) in [4.78, 5) is 19.3. The van der Waals surface area contributed by atoms with Crippen LogP contribution in [0.5, 0.6) is 5.88 Å². The molecule has 2 aromatic carbocycles. The first-order valence-corrected chi connectivity index (χ1v) is 13.3. The van der Waals surface area contributed by atoms with Crippen molar-refractivity contribution in [2.75, 3.05) is 5.73 Å². The van der Waals surface area contributed by atoms with Gasteiger partial charge in [-0.05, 0) is 42.7 Å². The highest BCUT2D eigenvalue weighted by Gasteiger charge is 2.45. The third-order valence-electron chi connectivity index (χ3n) is 6.21. The molecular formula is C27H23Cl2F3N6O3S. The van der Waals surface area contributed by atoms with Gasteiger partial charge in [-0.3, -0.25) is 4.79 Å². The Balaban J connectivity index is 0.00000405. The molecule has 0 aliphatic carbocycles. The summed E-state index contributed by atoms with van der Waals surface area (Å²) in [6.07, 6.45) is -5.61. The molecule has 0 aliphatic heterocycles. The number of aromatic nitrogens is 4. The second-order valence-corrected chi connectivity index (χ2v) is 10.5. The number of halogens is 5. The maximum Gasteiger partial charge on any atom is 0.429 e. The van der Waals surface area contributed by atoms with Gasteiger partial charge in [0.05, 0.1) is 16.9 Å². The molecule has 0 amide bonds. The topological polar surface area (TPSA) is 142 Å². The van der Waals surface area contributed by atoms with Gasteiger partial charge in [0.15, 0.2) is 0 Å². The third-order valence-corrected chi connectivity index (χ3v) is 7.40. The molecule has 5 aromatic rings. The average molecular weight is 639 g/mol. The van der Waals surface area contributed by atoms with Gasteiger partial charge < -0.3 is 21.3 Å². The molecular weight excluding hydrogens is 616 g/mol. The summed E-state index contributed by atoms with van der Waals surface area (Å²) in [5.74, 6) is -1.70. The van der Waals surface area contributed by atoms with Crippen molar-refractivity contribution < 1.29 is 27.8 Å². The predicted octanol–water partition coefficient (Wildman–Crippen LogP) is 6.15. The minimum Gasteiger partial charge on any atom is -0.480 e. The Morgan fingerprint density at radius 2 is 1.88 bits per heavy atom. The van der Waals surface area contributed by atoms with Gasteiger partial charge in [-0.15, -0.1) is 23.7 Å². The summed E-state index contributed by atoms with van der Waals surface area (Å²) >= 11 is 7.24. The van der Waals surface area contributed by atoms with E-state index in [2.05, 4.69) is 15.1 Å². The van der Waals surface area contributed by atoms with Gasteiger partial charge in [0.25, 0.3) is 0 Å². The standard InChI is InChI=1S/C27H22ClF3N6O3S.ClH/c1-13-8-9-37(36-13)20-11-16(28)6-7-17(20)23(27(29,30)31)40-24-22-21(34-26(33)35-24)18(12-41-22)15-4-2-14(3-5-15)10-19(32)25(38)39;/h2-9,11-12,19,23H,10,32H2,1H3,(H,38,39)(H2,33,34,35);1H/t19?,23-;/m1./s1. The quantitative estimate of drug-likeness (QED) is 0.184. The highest BCUT2D eigenvalue weighted by atomic mass is 35.5. The number of nitrogens with two attached hydrogens (primary N) is 2. The molecule has 2 atom stereocenters. The Bertz CT molecular complexity index is 1740. The second kappa shape index (κ2) is 12.1. The number of aliphatic carboxylic acids is 1. The number of carboxylic acids is 1. The van der Waals surface area contributed by atoms with Crippen LogP contribution in [0.25, 0.3) is 27.0 Å². The summed E-state index contributed by atoms with van der Waals surface area (Å²) in [6, 6.07) is 11.5. The number of carbonyl (C=O) groups is 1. The molecule has 0 saturated heterocycles. The lowest BCUT2D eigenvalue weighted by Gasteiger charge is -2.24. The maximum absolute atomic E-state index is 14.5. The minimum atomic E-state index is -4.84. The Labute approximate surface area is 252 Å². The number of thiophene rings is 1. The van der Waals surface area contributed by atoms with E-state index < -0.39 is 24.3 Å². The van der Waals surface area contributed by atoms with Crippen LogP contribution in [0, 0.1) is 6.92 Å². The molecule has 0 saturated carbocycles. The van der Waals surface area contributed by atoms with E-state index in [0.29, 0.717) is 27.9 Å². The molecule has 42 heavy (non-hydrogen) atoms. The Hall–Kier alpha value is -3.91. The minimum absolute atomic E-state index is 0. The van der Waals surface area contributed by atoms with Crippen LogP contribution in [-0.2, 0) is 11.2 Å². The van der Waals surface area contributed by atoms with Crippen molar-refractivity contribution >= 4 is 57.5 Å². The van der Waals surface area contributed by atoms with Crippen LogP contribution in [0.4, 0.5) is 19.1 Å². The van der Waals surface area contributed by atoms with Crippen LogP contribution in [0.2, 0.25) is 5.02 Å². The van der Waals surface area contributed by atoms with Gasteiger partial charge in [0, 0.05) is 27.7 Å². The van der Waals surface area contributed by atoms with Crippen molar-refractivity contribution in [1.29, 1.82) is 0 Å². The molecule has 3 aromatic heterocycles. The third kappa shape index (κ3) is 6.44. The van der Waals surface area contributed by atoms with Gasteiger partial charge in [-0.25, -0.2) is 9.67 Å². The molecule has 1 unspecified atom stereocenters. The number of anilines is 1. The molecule has 15 heteroatoms. The summed E-state index contributed by atoms with van der Waals surface area (Å²) in [5, 5.41) is 15.2. The van der Waals surface area contributed by atoms with Gasteiger partial charge in [-0.2, -0.15) is 23.3 Å². The highest BCUT2D eigenvalue weighted by Crippen LogP contribution is 2.43. The molecule has 5 rings (SSSR count). The van der Waals surface area contributed by atoms with Gasteiger partial charge >= 0.3 is 12.1 Å². The van der Waals surface area contributed by atoms with E-state index in [1.807, 2.05) is 0 Å². The van der Waals surface area contributed by atoms with Crippen molar-refractivity contribution in [3.63, 3.8) is 0 Å². The molecule has 0 aliphatic rings. The fourth-order valence-corrected chi connectivity index (χ4v) is 5.37. The molecule has 0 spiro atoms. The predicted molar refractivity (Wildman–Crippen MR) is 157 cm³/mol. The lowest BCUT2D eigenvalue weighted by molar-refractivity contribution is -0.198. The summed E-state index contributed by atoms with van der Waals surface area (Å²) < 4.78 is 50.8. The number of hydrogen-bond donors (Lipinski definition) is 3. The van der Waals surface area contributed by atoms with E-state index in [9.17, 15) is 18.0 Å². The average Bonchev–Trinajstić information content (AvgIpc) is 3.53. The number of fused-ring (bicyclic) bond motifs is 1. The molecule has 3 heterocycles. The Kier molecular flexibility index (Phi) is 8.97. The van der Waals surface area contributed by atoms with Gasteiger partial charge in [0.1, 0.15) is 10.7 Å². The van der Waals surface area contributed by atoms with E-state index in [1.54, 1.807) is 42.6 Å². The van der Waals surface area contributed by atoms with Crippen molar-refractivity contribution in [2.45, 2.75) is 31.7 Å². The first-order valence-electron chi connectivity index (χ1n) is 12.1. The van der Waals surface area contributed by atoms with Crippen LogP contribution in [0.3, 0.4) is 0 Å². The Morgan fingerprint density at radius 1 is 1.17 bits per heavy atom. The number of ether oxygens (including phenoxy) is 1. The van der Waals surface area contributed by atoms with Crippen LogP contribution in [0.15, 0.2) is 60.1 Å². The highest BCUT2D eigenvalue weighted by molar-refractivity contribution is 7.18. The molecule has 9 nitrogen and oxygen atoms in total. The van der Waals surface area contributed by atoms with E-state index in [0.717, 1.165) is 11.3 Å². The normalized spacial score (nSPS) is 13.0. The molecule has 0 radical (unpaired) electrons. The molecule has 0 fully saturated rings. The van der Waals surface area contributed by atoms with Crippen LogP contribution < -0.4 is 16.2 Å². The molecule has 5 N–H and O–H groups in total. The second-order valence-electron chi connectivity index (χ2n) is 9.20. The van der Waals surface area contributed by atoms with Crippen molar-refractivity contribution in [3.05, 3.63) is 82.0 Å². The number of hydrogen-bond acceptors (Lipinski definition) is 8. The van der Waals surface area contributed by atoms with E-state index in [-0.39, 0.29) is 51.6 Å². The zero-order valence-corrected chi connectivity index (χ0v) is 24.1. The summed E-state index contributed by atoms with van der Waals surface area (Å²) in [6.45, 7) is 1.71. The molecule has 0 bridgehead atoms. The first-order chi connectivity index (χ1) is 19.4. The summed E-state index contributed by atoms with van der Waals surface area (Å²) in [7, 11) is 0. The Morgan fingerprint density at radius 3 is 2.50 bits per heavy atom.